The minimum absolute atomic E-state index is 0.0716. The van der Waals surface area contributed by atoms with Gasteiger partial charge in [0.15, 0.2) is 0 Å². The average Bonchev–Trinajstić information content (AvgIpc) is 2.67. The Morgan fingerprint density at radius 1 is 0.885 bits per heavy atom. The van der Waals surface area contributed by atoms with Crippen LogP contribution in [0.4, 0.5) is 0 Å². The summed E-state index contributed by atoms with van der Waals surface area (Å²) in [5.74, 6) is 0.813. The number of rotatable bonds is 6. The Hall–Kier alpha value is -2.23. The molecule has 26 heavy (non-hydrogen) atoms. The van der Waals surface area contributed by atoms with Crippen molar-refractivity contribution in [1.82, 2.24) is 5.32 Å². The molecule has 0 atom stereocenters. The summed E-state index contributed by atoms with van der Waals surface area (Å²) in [6.07, 6.45) is 0. The molecule has 2 nitrogen and oxygen atoms in total. The summed E-state index contributed by atoms with van der Waals surface area (Å²) < 4.78 is 0. The molecule has 0 saturated heterocycles. The summed E-state index contributed by atoms with van der Waals surface area (Å²) in [4.78, 5) is 13.5. The Balaban J connectivity index is 1.52. The van der Waals surface area contributed by atoms with Crippen LogP contribution in [0.5, 0.6) is 0 Å². The highest BCUT2D eigenvalue weighted by Gasteiger charge is 2.05. The topological polar surface area (TPSA) is 29.1 Å². The monoisotopic (exact) mass is 381 g/mol. The molecule has 0 aliphatic heterocycles. The van der Waals surface area contributed by atoms with Crippen molar-refractivity contribution in [2.75, 3.05) is 0 Å². The first-order valence-electron chi connectivity index (χ1n) is 8.41. The van der Waals surface area contributed by atoms with Crippen LogP contribution in [-0.2, 0) is 12.3 Å². The summed E-state index contributed by atoms with van der Waals surface area (Å²) in [7, 11) is 0. The number of nitrogens with one attached hydrogen (secondary N) is 1. The van der Waals surface area contributed by atoms with Gasteiger partial charge in [-0.25, -0.2) is 0 Å². The second kappa shape index (κ2) is 8.93. The van der Waals surface area contributed by atoms with Crippen molar-refractivity contribution in [1.29, 1.82) is 0 Å². The van der Waals surface area contributed by atoms with E-state index in [0.717, 1.165) is 11.3 Å². The molecular formula is C22H20ClNOS. The van der Waals surface area contributed by atoms with Crippen LogP contribution in [0.25, 0.3) is 0 Å². The number of carbonyl (C=O) groups excluding carboxylic acids is 1. The molecule has 1 amide bonds. The van der Waals surface area contributed by atoms with E-state index in [9.17, 15) is 4.79 Å². The van der Waals surface area contributed by atoms with Gasteiger partial charge in [-0.05, 0) is 54.4 Å². The van der Waals surface area contributed by atoms with Crippen LogP contribution in [0, 0.1) is 6.92 Å². The van der Waals surface area contributed by atoms with Crippen molar-refractivity contribution in [2.24, 2.45) is 0 Å². The number of benzene rings is 3. The second-order valence-electron chi connectivity index (χ2n) is 6.11. The lowest BCUT2D eigenvalue weighted by Crippen LogP contribution is -2.22. The number of hydrogen-bond acceptors (Lipinski definition) is 2. The van der Waals surface area contributed by atoms with E-state index in [2.05, 4.69) is 36.5 Å². The number of amides is 1. The van der Waals surface area contributed by atoms with Crippen molar-refractivity contribution in [3.8, 4) is 0 Å². The molecule has 1 N–H and O–H groups in total. The van der Waals surface area contributed by atoms with Gasteiger partial charge in [0.05, 0.1) is 0 Å². The molecule has 3 aromatic rings. The summed E-state index contributed by atoms with van der Waals surface area (Å²) in [5.41, 5.74) is 4.16. The first kappa shape index (κ1) is 18.6. The fourth-order valence-corrected chi connectivity index (χ4v) is 3.42. The maximum atomic E-state index is 12.3. The molecule has 0 bridgehead atoms. The zero-order valence-corrected chi connectivity index (χ0v) is 16.1. The third-order valence-electron chi connectivity index (χ3n) is 4.01. The van der Waals surface area contributed by atoms with Crippen LogP contribution in [0.15, 0.2) is 77.7 Å². The quantitative estimate of drug-likeness (QED) is 0.541. The van der Waals surface area contributed by atoms with Crippen molar-refractivity contribution in [3.63, 3.8) is 0 Å². The Kier molecular flexibility index (Phi) is 6.37. The molecule has 0 aliphatic rings. The molecule has 0 spiro atoms. The molecule has 0 radical (unpaired) electrons. The van der Waals surface area contributed by atoms with Crippen molar-refractivity contribution in [3.05, 3.63) is 100 Å². The van der Waals surface area contributed by atoms with Gasteiger partial charge >= 0.3 is 0 Å². The molecule has 3 aromatic carbocycles. The second-order valence-corrected chi connectivity index (χ2v) is 7.59. The molecule has 0 unspecified atom stereocenters. The lowest BCUT2D eigenvalue weighted by atomic mass is 10.1. The largest absolute Gasteiger partial charge is 0.348 e. The van der Waals surface area contributed by atoms with E-state index >= 15 is 0 Å². The third-order valence-corrected chi connectivity index (χ3v) is 5.34. The highest BCUT2D eigenvalue weighted by atomic mass is 35.5. The van der Waals surface area contributed by atoms with Crippen LogP contribution in [0.1, 0.15) is 27.0 Å². The number of carbonyl (C=O) groups is 1. The molecule has 4 heteroatoms. The first-order valence-corrected chi connectivity index (χ1v) is 9.77. The minimum Gasteiger partial charge on any atom is -0.348 e. The summed E-state index contributed by atoms with van der Waals surface area (Å²) in [6, 6.07) is 23.8. The standard InChI is InChI=1S/C22H20ClNOS/c1-16-2-12-21(13-3-16)26-15-18-4-8-19(9-5-18)22(25)24-14-17-6-10-20(23)11-7-17/h2-13H,14-15H2,1H3,(H,24,25). The van der Waals surface area contributed by atoms with Gasteiger partial charge in [0.25, 0.3) is 5.91 Å². The fourth-order valence-electron chi connectivity index (χ4n) is 2.44. The van der Waals surface area contributed by atoms with Gasteiger partial charge in [-0.3, -0.25) is 4.79 Å². The SMILES string of the molecule is Cc1ccc(SCc2ccc(C(=O)NCc3ccc(Cl)cc3)cc2)cc1. The first-order chi connectivity index (χ1) is 12.6. The maximum Gasteiger partial charge on any atom is 0.251 e. The Bertz CT molecular complexity index is 858. The fraction of sp³-hybridized carbons (Fsp3) is 0.136. The smallest absolute Gasteiger partial charge is 0.251 e. The molecule has 0 aromatic heterocycles. The van der Waals surface area contributed by atoms with Gasteiger partial charge in [0, 0.05) is 27.8 Å². The Morgan fingerprint density at radius 2 is 1.50 bits per heavy atom. The van der Waals surface area contributed by atoms with Crippen LogP contribution in [-0.4, -0.2) is 5.91 Å². The molecule has 0 saturated carbocycles. The zero-order valence-electron chi connectivity index (χ0n) is 14.5. The highest BCUT2D eigenvalue weighted by molar-refractivity contribution is 7.98. The number of thioether (sulfide) groups is 1. The summed E-state index contributed by atoms with van der Waals surface area (Å²) >= 11 is 7.66. The van der Waals surface area contributed by atoms with Crippen molar-refractivity contribution in [2.45, 2.75) is 24.1 Å². The maximum absolute atomic E-state index is 12.3. The summed E-state index contributed by atoms with van der Waals surface area (Å²) in [5, 5.41) is 3.62. The van der Waals surface area contributed by atoms with Crippen LogP contribution < -0.4 is 5.32 Å². The molecule has 0 heterocycles. The van der Waals surface area contributed by atoms with E-state index in [0.29, 0.717) is 17.1 Å². The predicted molar refractivity (Wildman–Crippen MR) is 110 cm³/mol. The highest BCUT2D eigenvalue weighted by Crippen LogP contribution is 2.23. The van der Waals surface area contributed by atoms with E-state index in [1.165, 1.54) is 16.0 Å². The van der Waals surface area contributed by atoms with Crippen molar-refractivity contribution >= 4 is 29.3 Å². The number of halogens is 1. The van der Waals surface area contributed by atoms with Crippen LogP contribution in [0.2, 0.25) is 5.02 Å². The molecular weight excluding hydrogens is 362 g/mol. The molecule has 132 valence electrons. The van der Waals surface area contributed by atoms with Gasteiger partial charge in [-0.1, -0.05) is 53.6 Å². The molecule has 3 rings (SSSR count). The van der Waals surface area contributed by atoms with Crippen LogP contribution >= 0.6 is 23.4 Å². The van der Waals surface area contributed by atoms with Gasteiger partial charge in [-0.2, -0.15) is 0 Å². The average molecular weight is 382 g/mol. The predicted octanol–water partition coefficient (Wildman–Crippen LogP) is 5.87. The van der Waals surface area contributed by atoms with E-state index < -0.39 is 0 Å². The van der Waals surface area contributed by atoms with Gasteiger partial charge in [0.1, 0.15) is 0 Å². The van der Waals surface area contributed by atoms with Crippen molar-refractivity contribution < 1.29 is 4.79 Å². The number of hydrogen-bond donors (Lipinski definition) is 1. The van der Waals surface area contributed by atoms with Gasteiger partial charge in [-0.15, -0.1) is 11.8 Å². The lowest BCUT2D eigenvalue weighted by molar-refractivity contribution is 0.0951. The Morgan fingerprint density at radius 3 is 2.15 bits per heavy atom. The number of aryl methyl sites for hydroxylation is 1. The van der Waals surface area contributed by atoms with E-state index in [1.54, 1.807) is 11.8 Å². The van der Waals surface area contributed by atoms with Gasteiger partial charge in [0.2, 0.25) is 0 Å². The van der Waals surface area contributed by atoms with E-state index in [4.69, 9.17) is 11.6 Å². The zero-order chi connectivity index (χ0) is 18.4. The normalized spacial score (nSPS) is 10.5. The van der Waals surface area contributed by atoms with Crippen LogP contribution in [0.3, 0.4) is 0 Å². The Labute approximate surface area is 163 Å². The van der Waals surface area contributed by atoms with E-state index in [-0.39, 0.29) is 5.91 Å². The lowest BCUT2D eigenvalue weighted by Gasteiger charge is -2.07. The van der Waals surface area contributed by atoms with Gasteiger partial charge < -0.3 is 5.32 Å². The molecule has 0 aliphatic carbocycles. The third kappa shape index (κ3) is 5.38. The molecule has 0 fully saturated rings. The minimum atomic E-state index is -0.0716. The summed E-state index contributed by atoms with van der Waals surface area (Å²) in [6.45, 7) is 2.58. The van der Waals surface area contributed by atoms with E-state index in [1.807, 2.05) is 48.5 Å².